The number of ether oxygens (including phenoxy) is 1. The van der Waals surface area contributed by atoms with Crippen molar-refractivity contribution < 1.29 is 4.74 Å². The van der Waals surface area contributed by atoms with Gasteiger partial charge < -0.3 is 14.5 Å². The van der Waals surface area contributed by atoms with Crippen molar-refractivity contribution >= 4 is 0 Å². The number of nitrogens with one attached hydrogen (secondary N) is 1. The van der Waals surface area contributed by atoms with E-state index in [-0.39, 0.29) is 5.72 Å². The van der Waals surface area contributed by atoms with Crippen LogP contribution < -0.4 is 5.32 Å². The van der Waals surface area contributed by atoms with Gasteiger partial charge in [-0.25, -0.2) is 0 Å². The van der Waals surface area contributed by atoms with Crippen molar-refractivity contribution in [1.29, 1.82) is 0 Å². The van der Waals surface area contributed by atoms with Crippen LogP contribution in [0.25, 0.3) is 0 Å². The molecule has 2 atom stereocenters. The molecule has 0 amide bonds. The Morgan fingerprint density at radius 3 is 2.56 bits per heavy atom. The highest BCUT2D eigenvalue weighted by molar-refractivity contribution is 4.84. The van der Waals surface area contributed by atoms with Crippen LogP contribution in [0, 0.1) is 0 Å². The van der Waals surface area contributed by atoms with Crippen molar-refractivity contribution in [2.45, 2.75) is 32.0 Å². The van der Waals surface area contributed by atoms with E-state index in [1.807, 2.05) is 0 Å². The monoisotopic (exact) mass is 227 g/mol. The van der Waals surface area contributed by atoms with Crippen LogP contribution in [-0.4, -0.2) is 67.9 Å². The molecule has 2 fully saturated rings. The van der Waals surface area contributed by atoms with E-state index < -0.39 is 0 Å². The van der Waals surface area contributed by atoms with Gasteiger partial charge >= 0.3 is 0 Å². The van der Waals surface area contributed by atoms with Gasteiger partial charge in [0.2, 0.25) is 0 Å². The molecule has 2 heterocycles. The Bertz CT molecular complexity index is 228. The average Bonchev–Trinajstić information content (AvgIpc) is 2.59. The normalized spacial score (nSPS) is 38.1. The van der Waals surface area contributed by atoms with Crippen LogP contribution in [0.5, 0.6) is 0 Å². The molecule has 0 radical (unpaired) electrons. The summed E-state index contributed by atoms with van der Waals surface area (Å²) in [6.45, 7) is 11.1. The Labute approximate surface area is 98.9 Å². The Morgan fingerprint density at radius 2 is 2.00 bits per heavy atom. The van der Waals surface area contributed by atoms with Crippen molar-refractivity contribution in [3.63, 3.8) is 0 Å². The van der Waals surface area contributed by atoms with E-state index >= 15 is 0 Å². The first-order valence-electron chi connectivity index (χ1n) is 6.40. The highest BCUT2D eigenvalue weighted by Gasteiger charge is 2.33. The quantitative estimate of drug-likeness (QED) is 0.753. The lowest BCUT2D eigenvalue weighted by Crippen LogP contribution is -2.48. The number of rotatable bonds is 3. The van der Waals surface area contributed by atoms with Crippen molar-refractivity contribution in [2.24, 2.45) is 0 Å². The number of piperazine rings is 1. The van der Waals surface area contributed by atoms with Gasteiger partial charge in [0, 0.05) is 45.2 Å². The summed E-state index contributed by atoms with van der Waals surface area (Å²) >= 11 is 0. The molecule has 16 heavy (non-hydrogen) atoms. The second-order valence-electron chi connectivity index (χ2n) is 5.48. The van der Waals surface area contributed by atoms with Crippen LogP contribution in [0.1, 0.15) is 20.3 Å². The zero-order valence-electron chi connectivity index (χ0n) is 10.8. The predicted molar refractivity (Wildman–Crippen MR) is 65.5 cm³/mol. The van der Waals surface area contributed by atoms with Gasteiger partial charge in [-0.05, 0) is 20.9 Å². The number of hydrogen-bond acceptors (Lipinski definition) is 4. The highest BCUT2D eigenvalue weighted by atomic mass is 16.5. The van der Waals surface area contributed by atoms with Gasteiger partial charge in [-0.15, -0.1) is 0 Å². The molecule has 0 aromatic carbocycles. The fraction of sp³-hybridized carbons (Fsp3) is 1.00. The summed E-state index contributed by atoms with van der Waals surface area (Å²) in [5.41, 5.74) is -0.0945. The highest BCUT2D eigenvalue weighted by Crippen LogP contribution is 2.20. The molecule has 2 aliphatic heterocycles. The van der Waals surface area contributed by atoms with Gasteiger partial charge in [0.25, 0.3) is 0 Å². The van der Waals surface area contributed by atoms with Gasteiger partial charge in [-0.3, -0.25) is 5.32 Å². The predicted octanol–water partition coefficient (Wildman–Crippen LogP) is 0.348. The first-order chi connectivity index (χ1) is 7.57. The fourth-order valence-electron chi connectivity index (χ4n) is 2.50. The molecular formula is C12H25N3O. The first-order valence-corrected chi connectivity index (χ1v) is 6.40. The van der Waals surface area contributed by atoms with E-state index in [1.54, 1.807) is 0 Å². The van der Waals surface area contributed by atoms with Crippen LogP contribution >= 0.6 is 0 Å². The zero-order chi connectivity index (χ0) is 11.6. The first kappa shape index (κ1) is 12.3. The van der Waals surface area contributed by atoms with Crippen LogP contribution in [0.2, 0.25) is 0 Å². The molecule has 0 spiro atoms. The third-order valence-electron chi connectivity index (χ3n) is 3.70. The fourth-order valence-corrected chi connectivity index (χ4v) is 2.50. The Kier molecular flexibility index (Phi) is 3.85. The number of hydrogen-bond donors (Lipinski definition) is 1. The van der Waals surface area contributed by atoms with Crippen LogP contribution in [0.15, 0.2) is 0 Å². The third kappa shape index (κ3) is 3.17. The molecule has 0 bridgehead atoms. The molecule has 4 nitrogen and oxygen atoms in total. The van der Waals surface area contributed by atoms with Gasteiger partial charge in [0.15, 0.2) is 0 Å². The molecular weight excluding hydrogens is 202 g/mol. The molecule has 2 aliphatic rings. The van der Waals surface area contributed by atoms with E-state index in [0.29, 0.717) is 6.04 Å². The van der Waals surface area contributed by atoms with Crippen LogP contribution in [0.4, 0.5) is 0 Å². The van der Waals surface area contributed by atoms with E-state index in [1.165, 1.54) is 26.2 Å². The Balaban J connectivity index is 1.71. The van der Waals surface area contributed by atoms with Gasteiger partial charge in [0.05, 0.1) is 6.61 Å². The molecule has 2 unspecified atom stereocenters. The zero-order valence-corrected chi connectivity index (χ0v) is 10.8. The third-order valence-corrected chi connectivity index (χ3v) is 3.70. The summed E-state index contributed by atoms with van der Waals surface area (Å²) < 4.78 is 5.82. The van der Waals surface area contributed by atoms with Gasteiger partial charge in [0.1, 0.15) is 5.72 Å². The standard InChI is InChI=1S/C12H25N3O/c1-11-10-16-12(2,13-11)4-5-15-8-6-14(3)7-9-15/h11,13H,4-10H2,1-3H3. The van der Waals surface area contributed by atoms with Crippen molar-refractivity contribution in [2.75, 3.05) is 46.4 Å². The summed E-state index contributed by atoms with van der Waals surface area (Å²) in [6, 6.07) is 0.498. The van der Waals surface area contributed by atoms with Gasteiger partial charge in [-0.1, -0.05) is 0 Å². The van der Waals surface area contributed by atoms with Crippen molar-refractivity contribution in [1.82, 2.24) is 15.1 Å². The Morgan fingerprint density at radius 1 is 1.31 bits per heavy atom. The molecule has 1 N–H and O–H groups in total. The lowest BCUT2D eigenvalue weighted by Gasteiger charge is -2.34. The summed E-state index contributed by atoms with van der Waals surface area (Å²) in [7, 11) is 2.20. The summed E-state index contributed by atoms with van der Waals surface area (Å²) in [4.78, 5) is 4.93. The van der Waals surface area contributed by atoms with Crippen molar-refractivity contribution in [3.8, 4) is 0 Å². The molecule has 0 aromatic heterocycles. The molecule has 4 heteroatoms. The number of likely N-dealkylation sites (N-methyl/N-ethyl adjacent to an activating group) is 1. The SMILES string of the molecule is CC1COC(C)(CCN2CCN(C)CC2)N1. The lowest BCUT2D eigenvalue weighted by molar-refractivity contribution is -0.0106. The minimum absolute atomic E-state index is 0.0945. The molecule has 0 saturated carbocycles. The minimum atomic E-state index is -0.0945. The van der Waals surface area contributed by atoms with Gasteiger partial charge in [-0.2, -0.15) is 0 Å². The minimum Gasteiger partial charge on any atom is -0.359 e. The van der Waals surface area contributed by atoms with Crippen molar-refractivity contribution in [3.05, 3.63) is 0 Å². The van der Waals surface area contributed by atoms with E-state index in [4.69, 9.17) is 4.74 Å². The molecule has 94 valence electrons. The second-order valence-corrected chi connectivity index (χ2v) is 5.48. The van der Waals surface area contributed by atoms with E-state index in [2.05, 4.69) is 36.0 Å². The Hall–Kier alpha value is -0.160. The largest absolute Gasteiger partial charge is 0.359 e. The van der Waals surface area contributed by atoms with E-state index in [9.17, 15) is 0 Å². The maximum atomic E-state index is 5.82. The average molecular weight is 227 g/mol. The summed E-state index contributed by atoms with van der Waals surface area (Å²) in [6.07, 6.45) is 1.08. The topological polar surface area (TPSA) is 27.7 Å². The maximum absolute atomic E-state index is 5.82. The van der Waals surface area contributed by atoms with Crippen LogP contribution in [0.3, 0.4) is 0 Å². The smallest absolute Gasteiger partial charge is 0.117 e. The number of nitrogens with zero attached hydrogens (tertiary/aromatic N) is 2. The second kappa shape index (κ2) is 5.00. The molecule has 0 aliphatic carbocycles. The molecule has 2 saturated heterocycles. The van der Waals surface area contributed by atoms with Crippen LogP contribution in [-0.2, 0) is 4.74 Å². The molecule has 2 rings (SSSR count). The summed E-state index contributed by atoms with van der Waals surface area (Å²) in [5.74, 6) is 0. The molecule has 0 aromatic rings. The maximum Gasteiger partial charge on any atom is 0.117 e. The summed E-state index contributed by atoms with van der Waals surface area (Å²) in [5, 5.41) is 3.52. The van der Waals surface area contributed by atoms with E-state index in [0.717, 1.165) is 19.6 Å². The lowest BCUT2D eigenvalue weighted by atomic mass is 10.1.